The molecule has 1 aromatic carbocycles. The highest BCUT2D eigenvalue weighted by atomic mass is 32.2. The van der Waals surface area contributed by atoms with E-state index < -0.39 is 34.8 Å². The van der Waals surface area contributed by atoms with Crippen LogP contribution in [0.25, 0.3) is 21.3 Å². The van der Waals surface area contributed by atoms with Crippen molar-refractivity contribution < 1.29 is 23.1 Å². The van der Waals surface area contributed by atoms with E-state index in [0.717, 1.165) is 6.04 Å². The predicted octanol–water partition coefficient (Wildman–Crippen LogP) is 4.95. The fraction of sp³-hybridized carbons (Fsp3) is 0.290. The van der Waals surface area contributed by atoms with Gasteiger partial charge in [0.1, 0.15) is 23.1 Å². The minimum Gasteiger partial charge on any atom is -0.465 e. The highest BCUT2D eigenvalue weighted by molar-refractivity contribution is 7.92. The lowest BCUT2D eigenvalue weighted by atomic mass is 10.3. The van der Waals surface area contributed by atoms with E-state index in [2.05, 4.69) is 40.1 Å². The minimum atomic E-state index is -3.99. The van der Waals surface area contributed by atoms with Crippen LogP contribution in [0.4, 0.5) is 10.6 Å². The number of rotatable bonds is 12. The number of carboxylic acid groups (broad SMARTS) is 1. The van der Waals surface area contributed by atoms with Gasteiger partial charge in [0.2, 0.25) is 0 Å². The Morgan fingerprint density at radius 3 is 2.58 bits per heavy atom. The van der Waals surface area contributed by atoms with Gasteiger partial charge in [-0.05, 0) is 36.4 Å². The van der Waals surface area contributed by atoms with Gasteiger partial charge < -0.3 is 14.4 Å². The number of thiazole rings is 1. The summed E-state index contributed by atoms with van der Waals surface area (Å²) in [5, 5.41) is 19.8. The number of benzene rings is 1. The predicted molar refractivity (Wildman–Crippen MR) is 185 cm³/mol. The van der Waals surface area contributed by atoms with E-state index in [0.29, 0.717) is 44.3 Å². The summed E-state index contributed by atoms with van der Waals surface area (Å²) < 4.78 is 39.3. The average molecular weight is 707 g/mol. The van der Waals surface area contributed by atoms with E-state index >= 15 is 0 Å². The monoisotopic (exact) mass is 706 g/mol. The van der Waals surface area contributed by atoms with Crippen LogP contribution in [-0.4, -0.2) is 68.4 Å². The van der Waals surface area contributed by atoms with Crippen molar-refractivity contribution in [1.29, 1.82) is 0 Å². The number of anilines is 1. The van der Waals surface area contributed by atoms with E-state index in [1.807, 2.05) is 0 Å². The average Bonchev–Trinajstić information content (AvgIpc) is 3.73. The van der Waals surface area contributed by atoms with Crippen molar-refractivity contribution in [2.24, 2.45) is 7.05 Å². The molecule has 5 aromatic heterocycles. The first-order valence-electron chi connectivity index (χ1n) is 15.0. The lowest BCUT2D eigenvalue weighted by Crippen LogP contribution is -2.25. The zero-order valence-corrected chi connectivity index (χ0v) is 29.3. The third-order valence-electron chi connectivity index (χ3n) is 7.65. The van der Waals surface area contributed by atoms with Crippen molar-refractivity contribution in [3.8, 4) is 0 Å². The van der Waals surface area contributed by atoms with Gasteiger partial charge in [-0.25, -0.2) is 32.5 Å². The number of hydrogen-bond donors (Lipinski definition) is 2. The molecule has 0 fully saturated rings. The van der Waals surface area contributed by atoms with Crippen molar-refractivity contribution in [2.75, 3.05) is 11.9 Å². The maximum Gasteiger partial charge on any atom is 0.410 e. The molecule has 1 amide bonds. The van der Waals surface area contributed by atoms with E-state index in [4.69, 9.17) is 14.8 Å². The van der Waals surface area contributed by atoms with E-state index in [-0.39, 0.29) is 24.0 Å². The Morgan fingerprint density at radius 1 is 1.08 bits per heavy atom. The topological polar surface area (TPSA) is 176 Å². The van der Waals surface area contributed by atoms with Gasteiger partial charge in [-0.1, -0.05) is 43.9 Å². The van der Waals surface area contributed by atoms with Crippen LogP contribution in [0.15, 0.2) is 76.7 Å². The van der Waals surface area contributed by atoms with Gasteiger partial charge >= 0.3 is 6.09 Å². The van der Waals surface area contributed by atoms with Crippen LogP contribution < -0.4 is 10.9 Å². The molecule has 0 bridgehead atoms. The standard InChI is InChI=1S/C31H34N8O6S2Si/c1-37-25-22(17-32-39(30(25)40)18-20-9-8-12-24(33-20)34-31(41)42)26-28(37)35-29(46-26)27(47(43,44)21-10-6-5-7-11-21)23-13-14-38(36-23)19-45-15-16-48(2,3)4/h5-14,17,27H,15-16,18-19H2,1-4H3,(H,33,34)(H,41,42). The molecule has 2 N–H and O–H groups in total. The largest absolute Gasteiger partial charge is 0.465 e. The number of hydrogen-bond acceptors (Lipinski definition) is 10. The lowest BCUT2D eigenvalue weighted by molar-refractivity contribution is 0.0783. The fourth-order valence-corrected chi connectivity index (χ4v) is 9.17. The van der Waals surface area contributed by atoms with Gasteiger partial charge in [0.25, 0.3) is 5.56 Å². The molecule has 17 heteroatoms. The Labute approximate surface area is 280 Å². The second-order valence-electron chi connectivity index (χ2n) is 12.4. The van der Waals surface area contributed by atoms with Gasteiger partial charge in [-0.3, -0.25) is 10.1 Å². The highest BCUT2D eigenvalue weighted by Gasteiger charge is 2.36. The fourth-order valence-electron chi connectivity index (χ4n) is 5.22. The molecule has 6 rings (SSSR count). The summed E-state index contributed by atoms with van der Waals surface area (Å²) in [6, 6.07) is 15.7. The van der Waals surface area contributed by atoms with Gasteiger partial charge in [0.05, 0.1) is 33.7 Å². The van der Waals surface area contributed by atoms with Crippen LogP contribution in [0.2, 0.25) is 25.7 Å². The molecular formula is C31H34N8O6S2Si. The first-order valence-corrected chi connectivity index (χ1v) is 21.1. The van der Waals surface area contributed by atoms with Crippen LogP contribution in [0, 0.1) is 0 Å². The van der Waals surface area contributed by atoms with Crippen LogP contribution in [0.1, 0.15) is 21.6 Å². The number of nitrogens with zero attached hydrogens (tertiary/aromatic N) is 7. The second kappa shape index (κ2) is 13.1. The Bertz CT molecular complexity index is 2290. The quantitative estimate of drug-likeness (QED) is 0.131. The molecule has 0 radical (unpaired) electrons. The SMILES string of the molecule is Cn1c2nc(C(c3ccn(COCC[Si](C)(C)C)n3)S(=O)(=O)c3ccccc3)sc2c2cnn(Cc3cccc(NC(=O)O)n3)c(=O)c21. The summed E-state index contributed by atoms with van der Waals surface area (Å²) in [4.78, 5) is 33.8. The summed E-state index contributed by atoms with van der Waals surface area (Å²) in [7, 11) is -3.57. The Kier molecular flexibility index (Phi) is 9.03. The number of sulfone groups is 1. The molecule has 5 heterocycles. The number of aromatic nitrogens is 7. The lowest BCUT2D eigenvalue weighted by Gasteiger charge is -2.15. The summed E-state index contributed by atoms with van der Waals surface area (Å²) in [6.45, 7) is 7.62. The molecule has 0 aliphatic heterocycles. The van der Waals surface area contributed by atoms with Gasteiger partial charge in [0, 0.05) is 33.3 Å². The number of ether oxygens (including phenoxy) is 1. The molecule has 1 unspecified atom stereocenters. The maximum atomic E-state index is 14.2. The molecule has 48 heavy (non-hydrogen) atoms. The molecule has 0 aliphatic rings. The maximum absolute atomic E-state index is 14.2. The number of nitrogens with one attached hydrogen (secondary N) is 1. The van der Waals surface area contributed by atoms with E-state index in [1.54, 1.807) is 77.2 Å². The second-order valence-corrected chi connectivity index (χ2v) is 21.1. The van der Waals surface area contributed by atoms with Crippen LogP contribution in [0.3, 0.4) is 0 Å². The smallest absolute Gasteiger partial charge is 0.410 e. The van der Waals surface area contributed by atoms with Gasteiger partial charge in [-0.2, -0.15) is 10.2 Å². The van der Waals surface area contributed by atoms with E-state index in [1.165, 1.54) is 22.1 Å². The van der Waals surface area contributed by atoms with Crippen LogP contribution in [0.5, 0.6) is 0 Å². The Morgan fingerprint density at radius 2 is 1.85 bits per heavy atom. The molecule has 0 spiro atoms. The molecular weight excluding hydrogens is 673 g/mol. The zero-order valence-electron chi connectivity index (χ0n) is 26.7. The third-order valence-corrected chi connectivity index (χ3v) is 12.7. The Balaban J connectivity index is 1.37. The molecule has 250 valence electrons. The summed E-state index contributed by atoms with van der Waals surface area (Å²) in [5.74, 6) is 0.129. The number of pyridine rings is 1. The zero-order chi connectivity index (χ0) is 34.2. The Hall–Kier alpha value is -4.71. The van der Waals surface area contributed by atoms with Gasteiger partial charge in [0.15, 0.2) is 20.7 Å². The summed E-state index contributed by atoms with van der Waals surface area (Å²) >= 11 is 1.18. The first kappa shape index (κ1) is 33.2. The summed E-state index contributed by atoms with van der Waals surface area (Å²) in [6.07, 6.45) is 2.00. The molecule has 0 saturated heterocycles. The van der Waals surface area contributed by atoms with Crippen molar-refractivity contribution in [3.05, 3.63) is 93.7 Å². The number of amides is 1. The number of carbonyl (C=O) groups is 1. The normalized spacial score (nSPS) is 12.9. The molecule has 0 aliphatic carbocycles. The molecule has 0 saturated carbocycles. The van der Waals surface area contributed by atoms with E-state index in [9.17, 15) is 18.0 Å². The number of fused-ring (bicyclic) bond motifs is 3. The molecule has 14 nitrogen and oxygen atoms in total. The number of aryl methyl sites for hydroxylation is 1. The molecule has 6 aromatic rings. The van der Waals surface area contributed by atoms with Crippen molar-refractivity contribution in [3.63, 3.8) is 0 Å². The van der Waals surface area contributed by atoms with Crippen molar-refractivity contribution >= 4 is 62.4 Å². The first-order chi connectivity index (χ1) is 22.8. The van der Waals surface area contributed by atoms with Crippen molar-refractivity contribution in [1.82, 2.24) is 34.1 Å². The molecule has 1 atom stereocenters. The summed E-state index contributed by atoms with van der Waals surface area (Å²) in [5.41, 5.74) is 1.12. The highest BCUT2D eigenvalue weighted by Crippen LogP contribution is 2.40. The van der Waals surface area contributed by atoms with Gasteiger partial charge in [-0.15, -0.1) is 11.3 Å². The third kappa shape index (κ3) is 6.80. The minimum absolute atomic E-state index is 0.00330. The van der Waals surface area contributed by atoms with Crippen molar-refractivity contribution in [2.45, 2.75) is 49.1 Å². The van der Waals surface area contributed by atoms with Crippen LogP contribution in [-0.2, 0) is 34.9 Å². The van der Waals surface area contributed by atoms with Crippen LogP contribution >= 0.6 is 11.3 Å².